The molecule has 0 aromatic heterocycles. The fraction of sp³-hybridized carbons (Fsp3) is 0. The molecule has 5 aromatic rings. The second-order valence-electron chi connectivity index (χ2n) is 8.30. The Morgan fingerprint density at radius 3 is 1.34 bits per heavy atom. The summed E-state index contributed by atoms with van der Waals surface area (Å²) in [4.78, 5) is 4.58. The lowest BCUT2D eigenvalue weighted by molar-refractivity contribution is 1.24. The van der Waals surface area contributed by atoms with Gasteiger partial charge in [0.15, 0.2) is 0 Å². The molecule has 1 N–H and O–H groups in total. The summed E-state index contributed by atoms with van der Waals surface area (Å²) in [5.41, 5.74) is 8.87. The van der Waals surface area contributed by atoms with E-state index in [9.17, 15) is 0 Å². The van der Waals surface area contributed by atoms with Crippen molar-refractivity contribution in [3.8, 4) is 0 Å². The summed E-state index contributed by atoms with van der Waals surface area (Å²) < 4.78 is 2.12. The Morgan fingerprint density at radius 1 is 0.486 bits per heavy atom. The number of benzene rings is 5. The molecule has 3 nitrogen and oxygen atoms in total. The highest BCUT2D eigenvalue weighted by molar-refractivity contribution is 9.10. The zero-order valence-corrected chi connectivity index (χ0v) is 21.9. The summed E-state index contributed by atoms with van der Waals surface area (Å²) in [5.74, 6) is 0. The van der Waals surface area contributed by atoms with Crippen LogP contribution >= 0.6 is 31.9 Å². The standard InChI is InChI=1S/C30H21Br2N3/c31-21-9-13-23(14-10-21)34(24-15-11-22(32)12-16-24)25-17-19-26(20-18-25)35-29-7-3-1-5-27(29)33-28-6-2-4-8-30(28)35/h1-20,33H. The molecule has 0 amide bonds. The van der Waals surface area contributed by atoms with E-state index in [1.54, 1.807) is 0 Å². The number of hydrogen-bond acceptors (Lipinski definition) is 3. The fourth-order valence-electron chi connectivity index (χ4n) is 4.48. The van der Waals surface area contributed by atoms with Crippen LogP contribution in [-0.2, 0) is 0 Å². The van der Waals surface area contributed by atoms with Crippen molar-refractivity contribution in [3.63, 3.8) is 0 Å². The van der Waals surface area contributed by atoms with Crippen LogP contribution in [0.15, 0.2) is 130 Å². The van der Waals surface area contributed by atoms with E-state index in [1.165, 1.54) is 0 Å². The van der Waals surface area contributed by atoms with Crippen molar-refractivity contribution >= 4 is 77.4 Å². The van der Waals surface area contributed by atoms with Crippen LogP contribution in [-0.4, -0.2) is 0 Å². The first-order valence-electron chi connectivity index (χ1n) is 11.3. The third-order valence-electron chi connectivity index (χ3n) is 6.10. The maximum absolute atomic E-state index is 3.56. The van der Waals surface area contributed by atoms with Crippen molar-refractivity contribution in [3.05, 3.63) is 130 Å². The van der Waals surface area contributed by atoms with Crippen LogP contribution in [0.3, 0.4) is 0 Å². The summed E-state index contributed by atoms with van der Waals surface area (Å²) >= 11 is 7.12. The summed E-state index contributed by atoms with van der Waals surface area (Å²) in [5, 5.41) is 3.56. The van der Waals surface area contributed by atoms with E-state index in [0.717, 1.165) is 54.4 Å². The number of nitrogens with zero attached hydrogens (tertiary/aromatic N) is 2. The second-order valence-corrected chi connectivity index (χ2v) is 10.1. The molecule has 170 valence electrons. The predicted molar refractivity (Wildman–Crippen MR) is 154 cm³/mol. The monoisotopic (exact) mass is 581 g/mol. The Morgan fingerprint density at radius 2 is 0.886 bits per heavy atom. The number of hydrogen-bond donors (Lipinski definition) is 1. The lowest BCUT2D eigenvalue weighted by atomic mass is 10.1. The van der Waals surface area contributed by atoms with Gasteiger partial charge in [0.05, 0.1) is 22.7 Å². The molecule has 1 aliphatic rings. The van der Waals surface area contributed by atoms with Gasteiger partial charge in [0.2, 0.25) is 0 Å². The topological polar surface area (TPSA) is 18.5 Å². The summed E-state index contributed by atoms with van der Waals surface area (Å²) in [6.45, 7) is 0. The number of fused-ring (bicyclic) bond motifs is 2. The summed E-state index contributed by atoms with van der Waals surface area (Å²) in [7, 11) is 0. The highest BCUT2D eigenvalue weighted by atomic mass is 79.9. The molecule has 0 spiro atoms. The molecule has 0 unspecified atom stereocenters. The number of nitrogens with one attached hydrogen (secondary N) is 1. The summed E-state index contributed by atoms with van der Waals surface area (Å²) in [6.07, 6.45) is 0. The largest absolute Gasteiger partial charge is 0.352 e. The van der Waals surface area contributed by atoms with E-state index < -0.39 is 0 Å². The second kappa shape index (κ2) is 9.25. The van der Waals surface area contributed by atoms with Gasteiger partial charge in [-0.05, 0) is 97.1 Å². The molecule has 0 saturated carbocycles. The van der Waals surface area contributed by atoms with Crippen LogP contribution in [0.1, 0.15) is 0 Å². The van der Waals surface area contributed by atoms with Crippen molar-refractivity contribution in [1.82, 2.24) is 0 Å². The van der Waals surface area contributed by atoms with Crippen molar-refractivity contribution in [2.45, 2.75) is 0 Å². The van der Waals surface area contributed by atoms with Gasteiger partial charge in [-0.15, -0.1) is 0 Å². The van der Waals surface area contributed by atoms with Gasteiger partial charge in [0.1, 0.15) is 0 Å². The van der Waals surface area contributed by atoms with E-state index in [-0.39, 0.29) is 0 Å². The molecule has 6 rings (SSSR count). The van der Waals surface area contributed by atoms with Crippen LogP contribution in [0.5, 0.6) is 0 Å². The quantitative estimate of drug-likeness (QED) is 0.223. The van der Waals surface area contributed by atoms with Crippen molar-refractivity contribution in [1.29, 1.82) is 0 Å². The first kappa shape index (κ1) is 22.0. The molecular formula is C30H21Br2N3. The molecule has 0 bridgehead atoms. The van der Waals surface area contributed by atoms with Gasteiger partial charge in [0.25, 0.3) is 0 Å². The lowest BCUT2D eigenvalue weighted by Gasteiger charge is -2.34. The zero-order chi connectivity index (χ0) is 23.8. The van der Waals surface area contributed by atoms with Crippen LogP contribution < -0.4 is 15.1 Å². The van der Waals surface area contributed by atoms with Crippen LogP contribution in [0.4, 0.5) is 45.5 Å². The zero-order valence-electron chi connectivity index (χ0n) is 18.7. The van der Waals surface area contributed by atoms with E-state index in [0.29, 0.717) is 0 Å². The highest BCUT2D eigenvalue weighted by Crippen LogP contribution is 2.48. The van der Waals surface area contributed by atoms with Gasteiger partial charge in [0, 0.05) is 31.7 Å². The Hall–Kier alpha value is -3.54. The molecule has 5 aromatic carbocycles. The molecule has 5 heteroatoms. The van der Waals surface area contributed by atoms with Crippen molar-refractivity contribution in [2.75, 3.05) is 15.1 Å². The van der Waals surface area contributed by atoms with Gasteiger partial charge >= 0.3 is 0 Å². The maximum atomic E-state index is 3.56. The van der Waals surface area contributed by atoms with E-state index in [4.69, 9.17) is 0 Å². The van der Waals surface area contributed by atoms with E-state index in [1.807, 2.05) is 0 Å². The molecule has 0 saturated heterocycles. The normalized spacial score (nSPS) is 11.9. The van der Waals surface area contributed by atoms with Gasteiger partial charge in [-0.25, -0.2) is 0 Å². The van der Waals surface area contributed by atoms with Gasteiger partial charge < -0.3 is 15.1 Å². The Kier molecular flexibility index (Phi) is 5.80. The fourth-order valence-corrected chi connectivity index (χ4v) is 5.01. The molecule has 0 radical (unpaired) electrons. The lowest BCUT2D eigenvalue weighted by Crippen LogP contribution is -2.17. The Balaban J connectivity index is 1.44. The van der Waals surface area contributed by atoms with Gasteiger partial charge in [-0.2, -0.15) is 0 Å². The number of rotatable bonds is 4. The minimum absolute atomic E-state index is 1.06. The molecular weight excluding hydrogens is 562 g/mol. The van der Waals surface area contributed by atoms with Crippen LogP contribution in [0.2, 0.25) is 0 Å². The van der Waals surface area contributed by atoms with Crippen molar-refractivity contribution in [2.24, 2.45) is 0 Å². The molecule has 0 fully saturated rings. The van der Waals surface area contributed by atoms with E-state index in [2.05, 4.69) is 168 Å². The Labute approximate surface area is 221 Å². The summed E-state index contributed by atoms with van der Waals surface area (Å²) in [6, 6.07) is 42.4. The predicted octanol–water partition coefficient (Wildman–Crippen LogP) is 10.2. The first-order chi connectivity index (χ1) is 17.2. The number of halogens is 2. The first-order valence-corrected chi connectivity index (χ1v) is 12.9. The van der Waals surface area contributed by atoms with Crippen LogP contribution in [0.25, 0.3) is 0 Å². The average molecular weight is 583 g/mol. The minimum atomic E-state index is 1.06. The van der Waals surface area contributed by atoms with E-state index >= 15 is 0 Å². The van der Waals surface area contributed by atoms with Crippen LogP contribution in [0, 0.1) is 0 Å². The molecule has 0 atom stereocenters. The van der Waals surface area contributed by atoms with Crippen molar-refractivity contribution < 1.29 is 0 Å². The number of anilines is 8. The maximum Gasteiger partial charge on any atom is 0.0697 e. The molecule has 0 aliphatic carbocycles. The highest BCUT2D eigenvalue weighted by Gasteiger charge is 2.23. The third kappa shape index (κ3) is 4.22. The SMILES string of the molecule is Brc1ccc(N(c2ccc(Br)cc2)c2ccc(N3c4ccccc4Nc4ccccc43)cc2)cc1. The molecule has 1 aliphatic heterocycles. The molecule has 1 heterocycles. The van der Waals surface area contributed by atoms with Gasteiger partial charge in [-0.3, -0.25) is 0 Å². The smallest absolute Gasteiger partial charge is 0.0697 e. The Bertz CT molecular complexity index is 1390. The minimum Gasteiger partial charge on any atom is -0.352 e. The third-order valence-corrected chi connectivity index (χ3v) is 7.15. The molecule has 35 heavy (non-hydrogen) atoms. The number of para-hydroxylation sites is 4. The average Bonchev–Trinajstić information content (AvgIpc) is 2.90. The van der Waals surface area contributed by atoms with Gasteiger partial charge in [-0.1, -0.05) is 56.1 Å².